The quantitative estimate of drug-likeness (QED) is 0.877. The summed E-state index contributed by atoms with van der Waals surface area (Å²) in [6, 6.07) is 0.401. The van der Waals surface area contributed by atoms with Gasteiger partial charge in [0.05, 0.1) is 11.3 Å². The topological polar surface area (TPSA) is 42.7 Å². The third-order valence-electron chi connectivity index (χ3n) is 3.72. The Balaban J connectivity index is 1.88. The number of hydrogen-bond acceptors (Lipinski definition) is 4. The van der Waals surface area contributed by atoms with E-state index in [9.17, 15) is 0 Å². The molecule has 0 radical (unpaired) electrons. The summed E-state index contributed by atoms with van der Waals surface area (Å²) in [6.07, 6.45) is 5.07. The molecule has 0 bridgehead atoms. The minimum Gasteiger partial charge on any atom is -0.311 e. The summed E-state index contributed by atoms with van der Waals surface area (Å²) in [5.41, 5.74) is 0. The highest BCUT2D eigenvalue weighted by Gasteiger charge is 2.28. The van der Waals surface area contributed by atoms with Crippen LogP contribution in [0.4, 0.5) is 0 Å². The molecule has 1 saturated heterocycles. The molecule has 1 fully saturated rings. The average molecular weight is 252 g/mol. The van der Waals surface area contributed by atoms with Crippen molar-refractivity contribution in [2.75, 3.05) is 12.3 Å². The Morgan fingerprint density at radius 2 is 2.24 bits per heavy atom. The third-order valence-corrected chi connectivity index (χ3v) is 5.10. The zero-order valence-corrected chi connectivity index (χ0v) is 11.2. The second-order valence-corrected chi connectivity index (χ2v) is 6.15. The summed E-state index contributed by atoms with van der Waals surface area (Å²) in [6.45, 7) is 4.29. The van der Waals surface area contributed by atoms with Crippen molar-refractivity contribution in [3.8, 4) is 0 Å². The van der Waals surface area contributed by atoms with Gasteiger partial charge in [-0.1, -0.05) is 13.3 Å². The molecule has 2 aliphatic rings. The van der Waals surface area contributed by atoms with Crippen LogP contribution in [0.3, 0.4) is 0 Å². The molecule has 0 spiro atoms. The second kappa shape index (κ2) is 4.98. The zero-order valence-electron chi connectivity index (χ0n) is 10.4. The summed E-state index contributed by atoms with van der Waals surface area (Å²) in [5.74, 6) is 3.66. The lowest BCUT2D eigenvalue weighted by molar-refractivity contribution is 0.398. The van der Waals surface area contributed by atoms with E-state index in [1.165, 1.54) is 30.8 Å². The van der Waals surface area contributed by atoms with Crippen molar-refractivity contribution in [2.45, 2.75) is 50.4 Å². The Bertz CT molecular complexity index is 384. The van der Waals surface area contributed by atoms with Gasteiger partial charge in [-0.2, -0.15) is 11.8 Å². The molecule has 1 aromatic rings. The summed E-state index contributed by atoms with van der Waals surface area (Å²) < 4.78 is 2.37. The van der Waals surface area contributed by atoms with Crippen LogP contribution in [0, 0.1) is 0 Å². The Hall–Kier alpha value is -0.550. The predicted molar refractivity (Wildman–Crippen MR) is 70.1 cm³/mol. The van der Waals surface area contributed by atoms with Gasteiger partial charge in [0.1, 0.15) is 11.6 Å². The van der Waals surface area contributed by atoms with Gasteiger partial charge in [-0.05, 0) is 25.0 Å². The first kappa shape index (κ1) is 11.5. The smallest absolute Gasteiger partial charge is 0.150 e. The van der Waals surface area contributed by atoms with Crippen molar-refractivity contribution in [3.63, 3.8) is 0 Å². The standard InChI is InChI=1S/C12H20N4S/c1-2-9-11-14-15-12(16(11)7-6-13-9)10-5-3-4-8-17-10/h9-10,13H,2-8H2,1H3. The highest BCUT2D eigenvalue weighted by atomic mass is 32.2. The predicted octanol–water partition coefficient (Wildman–Crippen LogP) is 2.29. The van der Waals surface area contributed by atoms with Crippen molar-refractivity contribution in [3.05, 3.63) is 11.6 Å². The molecule has 3 rings (SSSR count). The number of nitrogens with one attached hydrogen (secondary N) is 1. The largest absolute Gasteiger partial charge is 0.311 e. The van der Waals surface area contributed by atoms with Gasteiger partial charge in [0, 0.05) is 13.1 Å². The fraction of sp³-hybridized carbons (Fsp3) is 0.833. The van der Waals surface area contributed by atoms with Crippen LogP contribution in [0.25, 0.3) is 0 Å². The van der Waals surface area contributed by atoms with Gasteiger partial charge in [-0.3, -0.25) is 0 Å². The van der Waals surface area contributed by atoms with E-state index in [1.54, 1.807) is 0 Å². The first-order valence-electron chi connectivity index (χ1n) is 6.68. The van der Waals surface area contributed by atoms with Gasteiger partial charge in [-0.25, -0.2) is 0 Å². The van der Waals surface area contributed by atoms with Gasteiger partial charge < -0.3 is 9.88 Å². The highest BCUT2D eigenvalue weighted by Crippen LogP contribution is 2.38. The molecule has 94 valence electrons. The van der Waals surface area contributed by atoms with E-state index in [0.717, 1.165) is 25.3 Å². The first-order chi connectivity index (χ1) is 8.40. The van der Waals surface area contributed by atoms with E-state index in [0.29, 0.717) is 11.3 Å². The number of thioether (sulfide) groups is 1. The number of fused-ring (bicyclic) bond motifs is 1. The fourth-order valence-corrected chi connectivity index (χ4v) is 4.08. The van der Waals surface area contributed by atoms with Crippen LogP contribution >= 0.6 is 11.8 Å². The molecular weight excluding hydrogens is 232 g/mol. The molecule has 0 aromatic carbocycles. The van der Waals surface area contributed by atoms with Gasteiger partial charge >= 0.3 is 0 Å². The molecule has 2 atom stereocenters. The molecule has 4 nitrogen and oxygen atoms in total. The van der Waals surface area contributed by atoms with Crippen LogP contribution < -0.4 is 5.32 Å². The number of nitrogens with zero attached hydrogens (tertiary/aromatic N) is 3. The van der Waals surface area contributed by atoms with Crippen LogP contribution in [0.5, 0.6) is 0 Å². The van der Waals surface area contributed by atoms with E-state index in [2.05, 4.69) is 38.8 Å². The Kier molecular flexibility index (Phi) is 3.38. The fourth-order valence-electron chi connectivity index (χ4n) is 2.77. The molecule has 0 saturated carbocycles. The van der Waals surface area contributed by atoms with Crippen molar-refractivity contribution in [1.29, 1.82) is 0 Å². The van der Waals surface area contributed by atoms with Gasteiger partial charge in [0.15, 0.2) is 0 Å². The van der Waals surface area contributed by atoms with Crippen LogP contribution in [0.1, 0.15) is 55.5 Å². The Morgan fingerprint density at radius 3 is 3.00 bits per heavy atom. The molecule has 1 N–H and O–H groups in total. The Morgan fingerprint density at radius 1 is 1.35 bits per heavy atom. The summed E-state index contributed by atoms with van der Waals surface area (Å²) >= 11 is 2.06. The Labute approximate surface area is 107 Å². The molecule has 3 heterocycles. The lowest BCUT2D eigenvalue weighted by atomic mass is 10.1. The molecule has 0 aliphatic carbocycles. The van der Waals surface area contributed by atoms with E-state index in [1.807, 2.05) is 0 Å². The van der Waals surface area contributed by atoms with E-state index in [-0.39, 0.29) is 0 Å². The van der Waals surface area contributed by atoms with E-state index >= 15 is 0 Å². The molecule has 1 aromatic heterocycles. The molecule has 5 heteroatoms. The first-order valence-corrected chi connectivity index (χ1v) is 7.73. The zero-order chi connectivity index (χ0) is 11.7. The lowest BCUT2D eigenvalue weighted by Gasteiger charge is -2.27. The van der Waals surface area contributed by atoms with Crippen molar-refractivity contribution >= 4 is 11.8 Å². The number of rotatable bonds is 2. The van der Waals surface area contributed by atoms with E-state index in [4.69, 9.17) is 0 Å². The maximum Gasteiger partial charge on any atom is 0.150 e. The van der Waals surface area contributed by atoms with Crippen molar-refractivity contribution in [2.24, 2.45) is 0 Å². The van der Waals surface area contributed by atoms with Gasteiger partial charge in [-0.15, -0.1) is 10.2 Å². The maximum absolute atomic E-state index is 4.47. The molecule has 2 aliphatic heterocycles. The maximum atomic E-state index is 4.47. The van der Waals surface area contributed by atoms with Crippen molar-refractivity contribution in [1.82, 2.24) is 20.1 Å². The monoisotopic (exact) mass is 252 g/mol. The van der Waals surface area contributed by atoms with E-state index < -0.39 is 0 Å². The molecular formula is C12H20N4S. The minimum absolute atomic E-state index is 0.401. The molecule has 17 heavy (non-hydrogen) atoms. The average Bonchev–Trinajstić information content (AvgIpc) is 2.83. The van der Waals surface area contributed by atoms with Crippen LogP contribution in [0.15, 0.2) is 0 Å². The minimum atomic E-state index is 0.401. The van der Waals surface area contributed by atoms with Gasteiger partial charge in [0.2, 0.25) is 0 Å². The summed E-state index contributed by atoms with van der Waals surface area (Å²) in [5, 5.41) is 13.0. The van der Waals surface area contributed by atoms with Crippen LogP contribution in [-0.2, 0) is 6.54 Å². The SMILES string of the molecule is CCC1NCCn2c1nnc2C1CCCCS1. The highest BCUT2D eigenvalue weighted by molar-refractivity contribution is 7.99. The summed E-state index contributed by atoms with van der Waals surface area (Å²) in [4.78, 5) is 0. The lowest BCUT2D eigenvalue weighted by Crippen LogP contribution is -2.34. The van der Waals surface area contributed by atoms with Crippen LogP contribution in [-0.4, -0.2) is 27.1 Å². The second-order valence-electron chi connectivity index (χ2n) is 4.84. The van der Waals surface area contributed by atoms with Gasteiger partial charge in [0.25, 0.3) is 0 Å². The normalized spacial score (nSPS) is 29.0. The number of aromatic nitrogens is 3. The number of hydrogen-bond donors (Lipinski definition) is 1. The van der Waals surface area contributed by atoms with Crippen molar-refractivity contribution < 1.29 is 0 Å². The molecule has 2 unspecified atom stereocenters. The third kappa shape index (κ3) is 2.10. The molecule has 0 amide bonds. The van der Waals surface area contributed by atoms with Crippen LogP contribution in [0.2, 0.25) is 0 Å². The summed E-state index contributed by atoms with van der Waals surface area (Å²) in [7, 11) is 0.